The highest BCUT2D eigenvalue weighted by Crippen LogP contribution is 2.44. The van der Waals surface area contributed by atoms with Gasteiger partial charge in [-0.1, -0.05) is 29.3 Å². The van der Waals surface area contributed by atoms with Crippen molar-refractivity contribution in [2.24, 2.45) is 5.10 Å². The van der Waals surface area contributed by atoms with E-state index in [-0.39, 0.29) is 38.9 Å². The number of hydrazone groups is 1. The van der Waals surface area contributed by atoms with Crippen LogP contribution in [0.25, 0.3) is 0 Å². The molecule has 0 fully saturated rings. The lowest BCUT2D eigenvalue weighted by Gasteiger charge is -2.19. The molecule has 28 heavy (non-hydrogen) atoms. The molecule has 2 heterocycles. The van der Waals surface area contributed by atoms with Crippen LogP contribution in [0.5, 0.6) is 11.5 Å². The normalized spacial score (nSPS) is 15.7. The van der Waals surface area contributed by atoms with Gasteiger partial charge in [0.05, 0.1) is 17.2 Å². The highest BCUT2D eigenvalue weighted by molar-refractivity contribution is 6.44. The molecule has 3 rings (SSSR count). The van der Waals surface area contributed by atoms with Crippen molar-refractivity contribution in [3.8, 4) is 11.5 Å². The summed E-state index contributed by atoms with van der Waals surface area (Å²) in [5, 5.41) is 5.52. The van der Waals surface area contributed by atoms with Crippen LogP contribution in [-0.2, 0) is 14.3 Å². The number of nitrogens with zero attached hydrogens (tertiary/aromatic N) is 3. The molecule has 0 unspecified atom stereocenters. The van der Waals surface area contributed by atoms with Crippen molar-refractivity contribution in [1.82, 2.24) is 9.99 Å². The standard InChI is InChI=1S/C18H15Cl2N3O5/c1-9(24)23-18(11-5-4-6-21-8-11)28-17(22-23)14-15(20)12(19)7-13(26-3)16(14)27-10(2)25/h4-8,18H,1-3H3/t18-/m0/s1. The van der Waals surface area contributed by atoms with E-state index in [1.165, 1.54) is 27.0 Å². The Bertz CT molecular complexity index is 965. The zero-order chi connectivity index (χ0) is 20.4. The topological polar surface area (TPSA) is 90.3 Å². The number of ether oxygens (including phenoxy) is 3. The number of aromatic nitrogens is 1. The molecule has 0 saturated carbocycles. The lowest BCUT2D eigenvalue weighted by molar-refractivity contribution is -0.135. The lowest BCUT2D eigenvalue weighted by atomic mass is 10.1. The third-order valence-electron chi connectivity index (χ3n) is 3.75. The number of carbonyl (C=O) groups is 2. The van der Waals surface area contributed by atoms with Crippen molar-refractivity contribution in [3.63, 3.8) is 0 Å². The molecule has 1 aliphatic rings. The van der Waals surface area contributed by atoms with Gasteiger partial charge in [0.1, 0.15) is 5.56 Å². The second-order valence-electron chi connectivity index (χ2n) is 5.70. The van der Waals surface area contributed by atoms with Crippen LogP contribution >= 0.6 is 23.2 Å². The monoisotopic (exact) mass is 423 g/mol. The zero-order valence-electron chi connectivity index (χ0n) is 15.1. The molecule has 8 nitrogen and oxygen atoms in total. The number of halogens is 2. The van der Waals surface area contributed by atoms with E-state index in [1.54, 1.807) is 24.5 Å². The van der Waals surface area contributed by atoms with Crippen LogP contribution in [0.4, 0.5) is 0 Å². The van der Waals surface area contributed by atoms with Crippen molar-refractivity contribution in [1.29, 1.82) is 0 Å². The van der Waals surface area contributed by atoms with Crippen molar-refractivity contribution in [2.45, 2.75) is 20.1 Å². The van der Waals surface area contributed by atoms with E-state index < -0.39 is 12.2 Å². The highest BCUT2D eigenvalue weighted by Gasteiger charge is 2.37. The van der Waals surface area contributed by atoms with Crippen LogP contribution in [0.15, 0.2) is 35.7 Å². The molecule has 0 aliphatic carbocycles. The van der Waals surface area contributed by atoms with Gasteiger partial charge in [-0.2, -0.15) is 5.01 Å². The molecule has 10 heteroatoms. The first kappa shape index (κ1) is 19.9. The average Bonchev–Trinajstić information content (AvgIpc) is 3.10. The summed E-state index contributed by atoms with van der Waals surface area (Å²) in [6.45, 7) is 2.57. The number of methoxy groups -OCH3 is 1. The molecule has 146 valence electrons. The maximum absolute atomic E-state index is 12.1. The third-order valence-corrected chi connectivity index (χ3v) is 4.54. The van der Waals surface area contributed by atoms with Crippen molar-refractivity contribution >= 4 is 41.0 Å². The molecular formula is C18H15Cl2N3O5. The summed E-state index contributed by atoms with van der Waals surface area (Å²) in [5.74, 6) is -0.888. The van der Waals surface area contributed by atoms with E-state index in [1.807, 2.05) is 0 Å². The first-order chi connectivity index (χ1) is 13.3. The molecule has 0 N–H and O–H groups in total. The smallest absolute Gasteiger partial charge is 0.308 e. The summed E-state index contributed by atoms with van der Waals surface area (Å²) in [7, 11) is 1.38. The maximum atomic E-state index is 12.1. The van der Waals surface area contributed by atoms with Gasteiger partial charge in [0.15, 0.2) is 11.5 Å². The molecular weight excluding hydrogens is 409 g/mol. The molecule has 2 aromatic rings. The quantitative estimate of drug-likeness (QED) is 0.551. The van der Waals surface area contributed by atoms with Gasteiger partial charge >= 0.3 is 5.97 Å². The summed E-state index contributed by atoms with van der Waals surface area (Å²) in [5.41, 5.74) is 0.689. The summed E-state index contributed by atoms with van der Waals surface area (Å²) < 4.78 is 16.4. The molecule has 1 amide bonds. The van der Waals surface area contributed by atoms with Gasteiger partial charge in [-0.3, -0.25) is 14.6 Å². The summed E-state index contributed by atoms with van der Waals surface area (Å²) in [6.07, 6.45) is 2.27. The Labute approximate surface area is 170 Å². The van der Waals surface area contributed by atoms with Gasteiger partial charge in [0.2, 0.25) is 18.0 Å². The lowest BCUT2D eigenvalue weighted by Crippen LogP contribution is -2.25. The second-order valence-corrected chi connectivity index (χ2v) is 6.48. The predicted molar refractivity (Wildman–Crippen MR) is 101 cm³/mol. The predicted octanol–water partition coefficient (Wildman–Crippen LogP) is 3.56. The minimum atomic E-state index is -0.868. The number of esters is 1. The number of hydrogen-bond acceptors (Lipinski definition) is 7. The first-order valence-corrected chi connectivity index (χ1v) is 8.78. The minimum absolute atomic E-state index is 0.0153. The number of rotatable bonds is 4. The van der Waals surface area contributed by atoms with E-state index in [0.717, 1.165) is 5.01 Å². The van der Waals surface area contributed by atoms with Crippen LogP contribution in [-0.4, -0.2) is 34.9 Å². The molecule has 1 atom stereocenters. The highest BCUT2D eigenvalue weighted by atomic mass is 35.5. The number of carbonyl (C=O) groups excluding carboxylic acids is 2. The number of amides is 1. The van der Waals surface area contributed by atoms with Crippen molar-refractivity contribution < 1.29 is 23.8 Å². The van der Waals surface area contributed by atoms with Crippen LogP contribution in [0.1, 0.15) is 31.2 Å². The first-order valence-electron chi connectivity index (χ1n) is 8.03. The van der Waals surface area contributed by atoms with E-state index in [0.29, 0.717) is 5.56 Å². The fourth-order valence-corrected chi connectivity index (χ4v) is 2.99. The Kier molecular flexibility index (Phi) is 5.71. The van der Waals surface area contributed by atoms with Gasteiger partial charge in [-0.25, -0.2) is 0 Å². The summed E-state index contributed by atoms with van der Waals surface area (Å²) in [6, 6.07) is 4.84. The van der Waals surface area contributed by atoms with Crippen molar-refractivity contribution in [2.75, 3.05) is 7.11 Å². The Hall–Kier alpha value is -2.84. The van der Waals surface area contributed by atoms with Gasteiger partial charge in [-0.05, 0) is 6.07 Å². The third kappa shape index (κ3) is 3.74. The fraction of sp³-hybridized carbons (Fsp3) is 0.222. The van der Waals surface area contributed by atoms with Crippen LogP contribution in [0, 0.1) is 0 Å². The van der Waals surface area contributed by atoms with E-state index >= 15 is 0 Å². The molecule has 0 radical (unpaired) electrons. The Morgan fingerprint density at radius 2 is 2.04 bits per heavy atom. The van der Waals surface area contributed by atoms with Crippen molar-refractivity contribution in [3.05, 3.63) is 51.8 Å². The van der Waals surface area contributed by atoms with Gasteiger partial charge in [0.25, 0.3) is 0 Å². The van der Waals surface area contributed by atoms with Crippen LogP contribution in [0.3, 0.4) is 0 Å². The molecule has 1 aromatic carbocycles. The maximum Gasteiger partial charge on any atom is 0.308 e. The zero-order valence-corrected chi connectivity index (χ0v) is 16.6. The largest absolute Gasteiger partial charge is 0.493 e. The van der Waals surface area contributed by atoms with E-state index in [9.17, 15) is 9.59 Å². The fourth-order valence-electron chi connectivity index (χ4n) is 2.58. The molecule has 0 bridgehead atoms. The summed E-state index contributed by atoms with van der Waals surface area (Å²) in [4.78, 5) is 27.7. The Balaban J connectivity index is 2.15. The Morgan fingerprint density at radius 1 is 1.29 bits per heavy atom. The second kappa shape index (κ2) is 8.04. The molecule has 1 aromatic heterocycles. The number of hydrogen-bond donors (Lipinski definition) is 0. The van der Waals surface area contributed by atoms with Gasteiger partial charge in [0, 0.05) is 37.9 Å². The van der Waals surface area contributed by atoms with E-state index in [2.05, 4.69) is 10.1 Å². The molecule has 1 aliphatic heterocycles. The van der Waals surface area contributed by atoms with Gasteiger partial charge in [-0.15, -0.1) is 5.10 Å². The van der Waals surface area contributed by atoms with E-state index in [4.69, 9.17) is 37.4 Å². The molecule has 0 spiro atoms. The van der Waals surface area contributed by atoms with Crippen LogP contribution in [0.2, 0.25) is 10.0 Å². The average molecular weight is 424 g/mol. The Morgan fingerprint density at radius 3 is 2.61 bits per heavy atom. The number of pyridine rings is 1. The summed E-state index contributed by atoms with van der Waals surface area (Å²) >= 11 is 12.5. The number of benzene rings is 1. The minimum Gasteiger partial charge on any atom is -0.493 e. The van der Waals surface area contributed by atoms with Crippen LogP contribution < -0.4 is 9.47 Å². The molecule has 0 saturated heterocycles. The SMILES string of the molecule is COc1cc(Cl)c(Cl)c(C2=NN(C(C)=O)[C@H](c3cccnc3)O2)c1OC(C)=O. The van der Waals surface area contributed by atoms with Gasteiger partial charge < -0.3 is 14.2 Å².